The van der Waals surface area contributed by atoms with Crippen LogP contribution in [0.2, 0.25) is 0 Å². The Labute approximate surface area is 100 Å². The second kappa shape index (κ2) is 5.14. The molecule has 0 saturated carbocycles. The smallest absolute Gasteiger partial charge is 0.276 e. The lowest BCUT2D eigenvalue weighted by Gasteiger charge is -2.10. The van der Waals surface area contributed by atoms with Gasteiger partial charge in [-0.2, -0.15) is 5.10 Å². The van der Waals surface area contributed by atoms with E-state index in [-0.39, 0.29) is 5.56 Å². The maximum atomic E-state index is 12.0. The number of rotatable bonds is 5. The minimum absolute atomic E-state index is 0.0297. The predicted octanol–water partition coefficient (Wildman–Crippen LogP) is 0.884. The summed E-state index contributed by atoms with van der Waals surface area (Å²) in [5, 5.41) is 7.23. The van der Waals surface area contributed by atoms with Gasteiger partial charge in [-0.1, -0.05) is 0 Å². The summed E-state index contributed by atoms with van der Waals surface area (Å²) < 4.78 is 3.36. The highest BCUT2D eigenvalue weighted by Gasteiger charge is 2.03. The first-order valence-corrected chi connectivity index (χ1v) is 5.92. The van der Waals surface area contributed by atoms with Crippen LogP contribution >= 0.6 is 0 Å². The molecule has 1 atom stereocenters. The molecule has 0 amide bonds. The van der Waals surface area contributed by atoms with E-state index in [4.69, 9.17) is 0 Å². The van der Waals surface area contributed by atoms with Crippen molar-refractivity contribution < 1.29 is 0 Å². The molecular weight excluding hydrogens is 216 g/mol. The molecular formula is C12H18N4O. The van der Waals surface area contributed by atoms with Gasteiger partial charge in [0, 0.05) is 25.0 Å². The Morgan fingerprint density at radius 2 is 2.29 bits per heavy atom. The van der Waals surface area contributed by atoms with Crippen LogP contribution in [-0.2, 0) is 6.54 Å². The Hall–Kier alpha value is -1.62. The van der Waals surface area contributed by atoms with Crippen LogP contribution in [0.15, 0.2) is 29.5 Å². The minimum atomic E-state index is 0.0297. The molecule has 17 heavy (non-hydrogen) atoms. The third kappa shape index (κ3) is 2.55. The maximum Gasteiger partial charge on any atom is 0.276 e. The van der Waals surface area contributed by atoms with Crippen molar-refractivity contribution in [3.63, 3.8) is 0 Å². The highest BCUT2D eigenvalue weighted by molar-refractivity contribution is 5.42. The Kier molecular flexibility index (Phi) is 3.58. The maximum absolute atomic E-state index is 12.0. The van der Waals surface area contributed by atoms with Crippen LogP contribution in [0.1, 0.15) is 19.8 Å². The van der Waals surface area contributed by atoms with Crippen LogP contribution in [0.3, 0.4) is 0 Å². The predicted molar refractivity (Wildman–Crippen MR) is 67.2 cm³/mol. The molecule has 2 heterocycles. The molecule has 0 aliphatic heterocycles. The van der Waals surface area contributed by atoms with E-state index in [9.17, 15) is 4.79 Å². The quantitative estimate of drug-likeness (QED) is 0.835. The first-order chi connectivity index (χ1) is 8.22. The number of aryl methyl sites for hydroxylation is 1. The van der Waals surface area contributed by atoms with E-state index in [1.807, 2.05) is 13.2 Å². The summed E-state index contributed by atoms with van der Waals surface area (Å²) in [6.07, 6.45) is 7.31. The Morgan fingerprint density at radius 1 is 1.47 bits per heavy atom. The first-order valence-electron chi connectivity index (χ1n) is 5.92. The average molecular weight is 234 g/mol. The summed E-state index contributed by atoms with van der Waals surface area (Å²) in [5.41, 5.74) is 0.663. The zero-order valence-electron chi connectivity index (χ0n) is 10.3. The van der Waals surface area contributed by atoms with Crippen LogP contribution in [-0.4, -0.2) is 27.3 Å². The summed E-state index contributed by atoms with van der Waals surface area (Å²) in [7, 11) is 1.95. The lowest BCUT2D eigenvalue weighted by Crippen LogP contribution is -2.24. The van der Waals surface area contributed by atoms with Crippen LogP contribution in [0.5, 0.6) is 0 Å². The molecule has 0 aliphatic carbocycles. The van der Waals surface area contributed by atoms with Gasteiger partial charge in [0.25, 0.3) is 5.56 Å². The zero-order chi connectivity index (χ0) is 12.3. The third-order valence-corrected chi connectivity index (χ3v) is 3.07. The van der Waals surface area contributed by atoms with Gasteiger partial charge in [0.05, 0.1) is 6.20 Å². The van der Waals surface area contributed by atoms with Crippen LogP contribution in [0.4, 0.5) is 0 Å². The molecule has 5 heteroatoms. The lowest BCUT2D eigenvalue weighted by atomic mass is 10.2. The fourth-order valence-corrected chi connectivity index (χ4v) is 1.85. The topological polar surface area (TPSA) is 51.3 Å². The van der Waals surface area contributed by atoms with Gasteiger partial charge in [-0.3, -0.25) is 4.79 Å². The van der Waals surface area contributed by atoms with Gasteiger partial charge in [-0.05, 0) is 32.9 Å². The molecule has 1 unspecified atom stereocenters. The SMILES string of the molecule is CNC(C)CCCn1ccn2nccc2c1=O. The summed E-state index contributed by atoms with van der Waals surface area (Å²) >= 11 is 0. The van der Waals surface area contributed by atoms with Crippen molar-refractivity contribution in [2.24, 2.45) is 0 Å². The highest BCUT2D eigenvalue weighted by atomic mass is 16.1. The largest absolute Gasteiger partial charge is 0.317 e. The van der Waals surface area contributed by atoms with E-state index < -0.39 is 0 Å². The Balaban J connectivity index is 2.08. The van der Waals surface area contributed by atoms with Gasteiger partial charge in [0.2, 0.25) is 0 Å². The summed E-state index contributed by atoms with van der Waals surface area (Å²) in [6.45, 7) is 2.90. The van der Waals surface area contributed by atoms with E-state index in [0.717, 1.165) is 19.4 Å². The van der Waals surface area contributed by atoms with Gasteiger partial charge in [0.15, 0.2) is 0 Å². The summed E-state index contributed by atoms with van der Waals surface area (Å²) in [6, 6.07) is 2.24. The molecule has 92 valence electrons. The normalized spacial score (nSPS) is 13.1. The number of hydrogen-bond acceptors (Lipinski definition) is 3. The van der Waals surface area contributed by atoms with Gasteiger partial charge in [-0.15, -0.1) is 0 Å². The van der Waals surface area contributed by atoms with E-state index in [1.54, 1.807) is 27.5 Å². The lowest BCUT2D eigenvalue weighted by molar-refractivity contribution is 0.501. The van der Waals surface area contributed by atoms with Gasteiger partial charge in [0.1, 0.15) is 5.52 Å². The highest BCUT2D eigenvalue weighted by Crippen LogP contribution is 1.99. The molecule has 0 saturated heterocycles. The molecule has 0 aliphatic rings. The first kappa shape index (κ1) is 11.9. The van der Waals surface area contributed by atoms with E-state index in [2.05, 4.69) is 17.3 Å². The van der Waals surface area contributed by atoms with E-state index in [0.29, 0.717) is 11.6 Å². The molecule has 0 aromatic carbocycles. The van der Waals surface area contributed by atoms with Crippen molar-refractivity contribution in [3.05, 3.63) is 35.0 Å². The molecule has 0 bridgehead atoms. The van der Waals surface area contributed by atoms with Crippen molar-refractivity contribution in [2.75, 3.05) is 7.05 Å². The number of nitrogens with zero attached hydrogens (tertiary/aromatic N) is 3. The van der Waals surface area contributed by atoms with Gasteiger partial charge < -0.3 is 9.88 Å². The molecule has 0 spiro atoms. The van der Waals surface area contributed by atoms with Crippen molar-refractivity contribution in [3.8, 4) is 0 Å². The van der Waals surface area contributed by atoms with Crippen molar-refractivity contribution >= 4 is 5.52 Å². The number of fused-ring (bicyclic) bond motifs is 1. The van der Waals surface area contributed by atoms with Crippen molar-refractivity contribution in [1.29, 1.82) is 0 Å². The van der Waals surface area contributed by atoms with Crippen LogP contribution in [0, 0.1) is 0 Å². The number of nitrogens with one attached hydrogen (secondary N) is 1. The Bertz CT molecular complexity index is 543. The van der Waals surface area contributed by atoms with Crippen molar-refractivity contribution in [1.82, 2.24) is 19.5 Å². The second-order valence-corrected chi connectivity index (χ2v) is 4.29. The summed E-state index contributed by atoms with van der Waals surface area (Å²) in [4.78, 5) is 12.0. The second-order valence-electron chi connectivity index (χ2n) is 4.29. The van der Waals surface area contributed by atoms with E-state index >= 15 is 0 Å². The number of aromatic nitrogens is 3. The van der Waals surface area contributed by atoms with Crippen LogP contribution in [0.25, 0.3) is 5.52 Å². The third-order valence-electron chi connectivity index (χ3n) is 3.07. The minimum Gasteiger partial charge on any atom is -0.317 e. The van der Waals surface area contributed by atoms with Crippen LogP contribution < -0.4 is 10.9 Å². The van der Waals surface area contributed by atoms with Gasteiger partial charge >= 0.3 is 0 Å². The zero-order valence-corrected chi connectivity index (χ0v) is 10.3. The fourth-order valence-electron chi connectivity index (χ4n) is 1.85. The molecule has 2 rings (SSSR count). The fraction of sp³-hybridized carbons (Fsp3) is 0.500. The molecule has 0 radical (unpaired) electrons. The van der Waals surface area contributed by atoms with E-state index in [1.165, 1.54) is 0 Å². The number of hydrogen-bond donors (Lipinski definition) is 1. The van der Waals surface area contributed by atoms with Crippen molar-refractivity contribution in [2.45, 2.75) is 32.4 Å². The Morgan fingerprint density at radius 3 is 3.06 bits per heavy atom. The molecule has 1 N–H and O–H groups in total. The molecule has 2 aromatic rings. The average Bonchev–Trinajstić information content (AvgIpc) is 2.81. The monoisotopic (exact) mass is 234 g/mol. The van der Waals surface area contributed by atoms with Gasteiger partial charge in [-0.25, -0.2) is 4.52 Å². The summed E-state index contributed by atoms with van der Waals surface area (Å²) in [5.74, 6) is 0. The molecule has 2 aromatic heterocycles. The molecule has 0 fully saturated rings. The standard InChI is InChI=1S/C12H18N4O/c1-10(13-2)4-3-7-15-8-9-16-11(12(15)17)5-6-14-16/h5-6,8-10,13H,3-4,7H2,1-2H3. The molecule has 5 nitrogen and oxygen atoms in total.